The Morgan fingerprint density at radius 1 is 1.19 bits per heavy atom. The Morgan fingerprint density at radius 3 is 2.24 bits per heavy atom. The van der Waals surface area contributed by atoms with E-state index in [2.05, 4.69) is 5.32 Å². The Bertz CT molecular complexity index is 528. The number of hydrogen-bond donors (Lipinski definition) is 4. The molecule has 1 aromatic rings. The monoisotopic (exact) mass is 296 g/mol. The lowest BCUT2D eigenvalue weighted by Gasteiger charge is -2.21. The Hall–Kier alpha value is -2.77. The number of aromatic hydroxyl groups is 1. The molecule has 0 radical (unpaired) electrons. The topological polar surface area (TPSA) is 127 Å². The van der Waals surface area contributed by atoms with Crippen molar-refractivity contribution in [3.8, 4) is 5.75 Å². The average molecular weight is 296 g/mol. The fourth-order valence-corrected chi connectivity index (χ4v) is 1.56. The summed E-state index contributed by atoms with van der Waals surface area (Å²) in [6.07, 6.45) is -0.569. The molecular formula is C13H16N2O6. The molecule has 0 bridgehead atoms. The van der Waals surface area contributed by atoms with Crippen molar-refractivity contribution in [1.29, 1.82) is 0 Å². The predicted molar refractivity (Wildman–Crippen MR) is 73.3 cm³/mol. The zero-order valence-corrected chi connectivity index (χ0v) is 11.3. The van der Waals surface area contributed by atoms with Crippen LogP contribution in [0.15, 0.2) is 24.3 Å². The molecule has 0 heterocycles. The molecule has 0 spiro atoms. The summed E-state index contributed by atoms with van der Waals surface area (Å²) in [4.78, 5) is 34.5. The summed E-state index contributed by atoms with van der Waals surface area (Å²) in [6, 6.07) is 3.78. The molecule has 0 aromatic heterocycles. The van der Waals surface area contributed by atoms with Gasteiger partial charge in [-0.05, 0) is 30.7 Å². The second kappa shape index (κ2) is 7.13. The molecule has 0 saturated carbocycles. The van der Waals surface area contributed by atoms with Crippen molar-refractivity contribution in [3.63, 3.8) is 0 Å². The van der Waals surface area contributed by atoms with Crippen LogP contribution in [-0.4, -0.2) is 46.4 Å². The van der Waals surface area contributed by atoms with Gasteiger partial charge in [-0.25, -0.2) is 9.59 Å². The van der Waals surface area contributed by atoms with E-state index in [1.165, 1.54) is 31.3 Å². The van der Waals surface area contributed by atoms with Crippen LogP contribution in [0, 0.1) is 0 Å². The molecule has 0 unspecified atom stereocenters. The fraction of sp³-hybridized carbons (Fsp3) is 0.308. The highest BCUT2D eigenvalue weighted by atomic mass is 16.4. The lowest BCUT2D eigenvalue weighted by atomic mass is 10.1. The standard InChI is InChI=1S/C13H16N2O6/c1-15(8-2-4-9(16)5-3-8)13(21)14-10(12(19)20)6-7-11(17)18/h2-5,10,16H,6-7H2,1H3,(H,14,21)(H,17,18)(H,19,20)/t10-/m0/s1. The number of anilines is 1. The second-order valence-electron chi connectivity index (χ2n) is 4.35. The molecule has 4 N–H and O–H groups in total. The number of amides is 2. The van der Waals surface area contributed by atoms with Crippen LogP contribution in [0.4, 0.5) is 10.5 Å². The lowest BCUT2D eigenvalue weighted by molar-refractivity contribution is -0.140. The number of urea groups is 1. The summed E-state index contributed by atoms with van der Waals surface area (Å²) in [5.41, 5.74) is 0.452. The van der Waals surface area contributed by atoms with E-state index < -0.39 is 24.0 Å². The molecule has 1 atom stereocenters. The highest BCUT2D eigenvalue weighted by Gasteiger charge is 2.23. The minimum Gasteiger partial charge on any atom is -0.508 e. The molecule has 0 aliphatic carbocycles. The van der Waals surface area contributed by atoms with Gasteiger partial charge in [0.1, 0.15) is 11.8 Å². The number of carboxylic acid groups (broad SMARTS) is 2. The number of phenols is 1. The van der Waals surface area contributed by atoms with E-state index in [1.807, 2.05) is 0 Å². The van der Waals surface area contributed by atoms with Crippen molar-refractivity contribution in [3.05, 3.63) is 24.3 Å². The number of aliphatic carboxylic acids is 2. The SMILES string of the molecule is CN(C(=O)N[C@@H](CCC(=O)O)C(=O)O)c1ccc(O)cc1. The van der Waals surface area contributed by atoms with E-state index in [0.717, 1.165) is 4.90 Å². The summed E-state index contributed by atoms with van der Waals surface area (Å²) in [5, 5.41) is 28.9. The van der Waals surface area contributed by atoms with Crippen molar-refractivity contribution >= 4 is 23.7 Å². The predicted octanol–water partition coefficient (Wildman–Crippen LogP) is 0.856. The Morgan fingerprint density at radius 2 is 1.76 bits per heavy atom. The lowest BCUT2D eigenvalue weighted by Crippen LogP contribution is -2.47. The normalized spacial score (nSPS) is 11.5. The number of nitrogens with zero attached hydrogens (tertiary/aromatic N) is 1. The number of carbonyl (C=O) groups is 3. The van der Waals surface area contributed by atoms with Crippen molar-refractivity contribution in [2.24, 2.45) is 0 Å². The molecular weight excluding hydrogens is 280 g/mol. The first-order valence-corrected chi connectivity index (χ1v) is 6.09. The summed E-state index contributed by atoms with van der Waals surface area (Å²) >= 11 is 0. The average Bonchev–Trinajstić information content (AvgIpc) is 2.42. The summed E-state index contributed by atoms with van der Waals surface area (Å²) < 4.78 is 0. The van der Waals surface area contributed by atoms with Gasteiger partial charge in [-0.2, -0.15) is 0 Å². The summed E-state index contributed by atoms with van der Waals surface area (Å²) in [5.74, 6) is -2.40. The number of benzene rings is 1. The first kappa shape index (κ1) is 16.3. The first-order chi connectivity index (χ1) is 9.81. The molecule has 1 rings (SSSR count). The van der Waals surface area contributed by atoms with E-state index in [4.69, 9.17) is 15.3 Å². The molecule has 8 heteroatoms. The van der Waals surface area contributed by atoms with E-state index >= 15 is 0 Å². The largest absolute Gasteiger partial charge is 0.508 e. The third-order valence-corrected chi connectivity index (χ3v) is 2.78. The molecule has 0 aliphatic rings. The minimum absolute atomic E-state index is 0.0393. The van der Waals surface area contributed by atoms with E-state index in [0.29, 0.717) is 5.69 Å². The zero-order chi connectivity index (χ0) is 16.0. The van der Waals surface area contributed by atoms with Crippen molar-refractivity contribution in [1.82, 2.24) is 5.32 Å². The van der Waals surface area contributed by atoms with E-state index in [9.17, 15) is 14.4 Å². The number of rotatable bonds is 6. The van der Waals surface area contributed by atoms with Gasteiger partial charge in [-0.3, -0.25) is 9.69 Å². The summed E-state index contributed by atoms with van der Waals surface area (Å²) in [7, 11) is 1.43. The molecule has 0 saturated heterocycles. The Balaban J connectivity index is 2.70. The van der Waals surface area contributed by atoms with Gasteiger partial charge < -0.3 is 20.6 Å². The van der Waals surface area contributed by atoms with Gasteiger partial charge in [0.2, 0.25) is 0 Å². The minimum atomic E-state index is -1.30. The summed E-state index contributed by atoms with van der Waals surface area (Å²) in [6.45, 7) is 0. The van der Waals surface area contributed by atoms with Gasteiger partial charge >= 0.3 is 18.0 Å². The molecule has 0 fully saturated rings. The van der Waals surface area contributed by atoms with Crippen molar-refractivity contribution in [2.45, 2.75) is 18.9 Å². The van der Waals surface area contributed by atoms with E-state index in [-0.39, 0.29) is 18.6 Å². The quantitative estimate of drug-likeness (QED) is 0.616. The maximum absolute atomic E-state index is 11.9. The zero-order valence-electron chi connectivity index (χ0n) is 11.3. The fourth-order valence-electron chi connectivity index (χ4n) is 1.56. The van der Waals surface area contributed by atoms with Gasteiger partial charge in [0.05, 0.1) is 0 Å². The number of hydrogen-bond acceptors (Lipinski definition) is 4. The van der Waals surface area contributed by atoms with E-state index in [1.54, 1.807) is 0 Å². The highest BCUT2D eigenvalue weighted by molar-refractivity contribution is 5.94. The number of nitrogens with one attached hydrogen (secondary N) is 1. The van der Waals surface area contributed by atoms with Gasteiger partial charge in [-0.15, -0.1) is 0 Å². The van der Waals surface area contributed by atoms with Gasteiger partial charge in [0.15, 0.2) is 0 Å². The van der Waals surface area contributed by atoms with Gasteiger partial charge in [-0.1, -0.05) is 0 Å². The third-order valence-electron chi connectivity index (χ3n) is 2.78. The molecule has 114 valence electrons. The highest BCUT2D eigenvalue weighted by Crippen LogP contribution is 2.17. The van der Waals surface area contributed by atoms with Crippen molar-refractivity contribution < 1.29 is 29.7 Å². The maximum atomic E-state index is 11.9. The van der Waals surface area contributed by atoms with Crippen LogP contribution in [0.5, 0.6) is 5.75 Å². The molecule has 0 aliphatic heterocycles. The van der Waals surface area contributed by atoms with Gasteiger partial charge in [0, 0.05) is 19.2 Å². The smallest absolute Gasteiger partial charge is 0.326 e. The molecule has 8 nitrogen and oxygen atoms in total. The van der Waals surface area contributed by atoms with Crippen LogP contribution < -0.4 is 10.2 Å². The van der Waals surface area contributed by atoms with Crippen molar-refractivity contribution in [2.75, 3.05) is 11.9 Å². The Labute approximate surface area is 120 Å². The molecule has 2 amide bonds. The van der Waals surface area contributed by atoms with Crippen LogP contribution in [0.2, 0.25) is 0 Å². The molecule has 1 aromatic carbocycles. The van der Waals surface area contributed by atoms with Crippen LogP contribution in [0.25, 0.3) is 0 Å². The van der Waals surface area contributed by atoms with Crippen LogP contribution in [0.3, 0.4) is 0 Å². The Kier molecular flexibility index (Phi) is 5.53. The maximum Gasteiger partial charge on any atom is 0.326 e. The first-order valence-electron chi connectivity index (χ1n) is 6.09. The number of carbonyl (C=O) groups excluding carboxylic acids is 1. The van der Waals surface area contributed by atoms with Crippen LogP contribution >= 0.6 is 0 Å². The van der Waals surface area contributed by atoms with Crippen LogP contribution in [0.1, 0.15) is 12.8 Å². The third kappa shape index (κ3) is 5.01. The van der Waals surface area contributed by atoms with Gasteiger partial charge in [0.25, 0.3) is 0 Å². The second-order valence-corrected chi connectivity index (χ2v) is 4.35. The number of carboxylic acids is 2. The van der Waals surface area contributed by atoms with Crippen LogP contribution in [-0.2, 0) is 9.59 Å². The number of phenolic OH excluding ortho intramolecular Hbond substituents is 1. The molecule has 21 heavy (non-hydrogen) atoms.